The van der Waals surface area contributed by atoms with Crippen molar-refractivity contribution in [3.05, 3.63) is 90.8 Å². The van der Waals surface area contributed by atoms with E-state index in [1.54, 1.807) is 47.6 Å². The lowest BCUT2D eigenvalue weighted by Crippen LogP contribution is -2.27. The van der Waals surface area contributed by atoms with E-state index in [9.17, 15) is 4.79 Å². The van der Waals surface area contributed by atoms with Gasteiger partial charge >= 0.3 is 0 Å². The first-order chi connectivity index (χ1) is 13.7. The maximum absolute atomic E-state index is 12.8. The molecular weight excluding hydrogens is 352 g/mol. The molecule has 7 heteroatoms. The molecule has 0 aliphatic carbocycles. The van der Waals surface area contributed by atoms with Crippen molar-refractivity contribution in [2.45, 2.75) is 6.54 Å². The zero-order chi connectivity index (χ0) is 19.3. The van der Waals surface area contributed by atoms with Crippen LogP contribution in [0.2, 0.25) is 0 Å². The zero-order valence-corrected chi connectivity index (χ0v) is 15.3. The van der Waals surface area contributed by atoms with Crippen LogP contribution in [0.3, 0.4) is 0 Å². The van der Waals surface area contributed by atoms with Gasteiger partial charge in [0.15, 0.2) is 5.82 Å². The lowest BCUT2D eigenvalue weighted by atomic mass is 10.1. The predicted molar refractivity (Wildman–Crippen MR) is 105 cm³/mol. The molecule has 3 heterocycles. The van der Waals surface area contributed by atoms with Crippen LogP contribution in [-0.4, -0.2) is 42.6 Å². The third-order valence-electron chi connectivity index (χ3n) is 4.33. The molecule has 0 saturated heterocycles. The molecule has 0 unspecified atom stereocenters. The smallest absolute Gasteiger partial charge is 0.257 e. The first kappa shape index (κ1) is 17.5. The van der Waals surface area contributed by atoms with Crippen LogP contribution in [0.5, 0.6) is 0 Å². The Morgan fingerprint density at radius 3 is 2.46 bits per heavy atom. The molecule has 1 amide bonds. The van der Waals surface area contributed by atoms with E-state index in [0.717, 1.165) is 16.8 Å². The summed E-state index contributed by atoms with van der Waals surface area (Å²) in [5, 5.41) is 4.28. The summed E-state index contributed by atoms with van der Waals surface area (Å²) in [6, 6.07) is 13.4. The van der Waals surface area contributed by atoms with Gasteiger partial charge in [-0.25, -0.2) is 14.6 Å². The minimum absolute atomic E-state index is 0.142. The van der Waals surface area contributed by atoms with E-state index in [1.807, 2.05) is 48.7 Å². The van der Waals surface area contributed by atoms with Gasteiger partial charge in [0.2, 0.25) is 0 Å². The van der Waals surface area contributed by atoms with E-state index in [-0.39, 0.29) is 5.91 Å². The number of aromatic nitrogens is 5. The highest BCUT2D eigenvalue weighted by Gasteiger charge is 2.15. The maximum Gasteiger partial charge on any atom is 0.257 e. The van der Waals surface area contributed by atoms with Crippen LogP contribution in [0.15, 0.2) is 79.6 Å². The summed E-state index contributed by atoms with van der Waals surface area (Å²) in [5.41, 5.74) is 3.24. The third-order valence-corrected chi connectivity index (χ3v) is 4.33. The highest BCUT2D eigenvalue weighted by atomic mass is 16.2. The summed E-state index contributed by atoms with van der Waals surface area (Å²) >= 11 is 0. The number of benzene rings is 1. The minimum atomic E-state index is -0.142. The second-order valence-electron chi connectivity index (χ2n) is 6.27. The number of rotatable bonds is 5. The molecule has 3 aromatic heterocycles. The van der Waals surface area contributed by atoms with E-state index >= 15 is 0 Å². The standard InChI is InChI=1S/C21H18N6O/c1-26(15-17-5-2-3-6-19(17)27-12-4-9-25-27)21(28)18-13-23-20(24-14-18)16-7-10-22-11-8-16/h2-14H,15H2,1H3. The molecule has 4 rings (SSSR count). The number of hydrogen-bond donors (Lipinski definition) is 0. The first-order valence-corrected chi connectivity index (χ1v) is 8.78. The monoisotopic (exact) mass is 370 g/mol. The zero-order valence-electron chi connectivity index (χ0n) is 15.3. The summed E-state index contributed by atoms with van der Waals surface area (Å²) in [7, 11) is 1.76. The molecule has 1 aromatic carbocycles. The number of nitrogens with zero attached hydrogens (tertiary/aromatic N) is 6. The van der Waals surface area contributed by atoms with Gasteiger partial charge in [-0.1, -0.05) is 18.2 Å². The average Bonchev–Trinajstić information content (AvgIpc) is 3.29. The van der Waals surface area contributed by atoms with Crippen LogP contribution in [-0.2, 0) is 6.54 Å². The van der Waals surface area contributed by atoms with Crippen molar-refractivity contribution in [2.75, 3.05) is 7.05 Å². The van der Waals surface area contributed by atoms with Gasteiger partial charge in [0.1, 0.15) is 0 Å². The first-order valence-electron chi connectivity index (χ1n) is 8.78. The highest BCUT2D eigenvalue weighted by molar-refractivity contribution is 5.93. The van der Waals surface area contributed by atoms with E-state index in [4.69, 9.17) is 0 Å². The summed E-state index contributed by atoms with van der Waals surface area (Å²) in [5.74, 6) is 0.419. The van der Waals surface area contributed by atoms with Gasteiger partial charge in [-0.05, 0) is 29.8 Å². The normalized spacial score (nSPS) is 10.6. The molecule has 0 N–H and O–H groups in total. The molecule has 28 heavy (non-hydrogen) atoms. The van der Waals surface area contributed by atoms with Crippen molar-refractivity contribution in [3.8, 4) is 17.1 Å². The fourth-order valence-corrected chi connectivity index (χ4v) is 2.92. The summed E-state index contributed by atoms with van der Waals surface area (Å²) in [6.07, 6.45) is 10.1. The molecule has 4 aromatic rings. The lowest BCUT2D eigenvalue weighted by molar-refractivity contribution is 0.0784. The van der Waals surface area contributed by atoms with Crippen molar-refractivity contribution < 1.29 is 4.79 Å². The Kier molecular flexibility index (Phi) is 4.88. The number of carbonyl (C=O) groups is 1. The van der Waals surface area contributed by atoms with Crippen LogP contribution in [0.4, 0.5) is 0 Å². The molecule has 7 nitrogen and oxygen atoms in total. The maximum atomic E-state index is 12.8. The third kappa shape index (κ3) is 3.64. The van der Waals surface area contributed by atoms with Gasteiger partial charge in [-0.15, -0.1) is 0 Å². The molecule has 0 fully saturated rings. The van der Waals surface area contributed by atoms with Crippen LogP contribution in [0, 0.1) is 0 Å². The Morgan fingerprint density at radius 2 is 1.75 bits per heavy atom. The average molecular weight is 370 g/mol. The molecule has 0 spiro atoms. The Balaban J connectivity index is 1.52. The van der Waals surface area contributed by atoms with Crippen molar-refractivity contribution in [2.24, 2.45) is 0 Å². The van der Waals surface area contributed by atoms with Crippen LogP contribution in [0.25, 0.3) is 17.1 Å². The fraction of sp³-hybridized carbons (Fsp3) is 0.0952. The van der Waals surface area contributed by atoms with Gasteiger partial charge in [0, 0.05) is 56.3 Å². The quantitative estimate of drug-likeness (QED) is 0.540. The number of pyridine rings is 1. The summed E-state index contributed by atoms with van der Waals surface area (Å²) in [6.45, 7) is 0.445. The largest absolute Gasteiger partial charge is 0.337 e. The van der Waals surface area contributed by atoms with Crippen molar-refractivity contribution in [3.63, 3.8) is 0 Å². The number of para-hydroxylation sites is 1. The Hall–Kier alpha value is -3.87. The predicted octanol–water partition coefficient (Wildman–Crippen LogP) is 3.00. The van der Waals surface area contributed by atoms with Gasteiger partial charge in [0.25, 0.3) is 5.91 Å². The summed E-state index contributed by atoms with van der Waals surface area (Å²) < 4.78 is 1.79. The Morgan fingerprint density at radius 1 is 1.00 bits per heavy atom. The van der Waals surface area contributed by atoms with E-state index in [1.165, 1.54) is 0 Å². The SMILES string of the molecule is CN(Cc1ccccc1-n1cccn1)C(=O)c1cnc(-c2ccncc2)nc1. The number of hydrogen-bond acceptors (Lipinski definition) is 5. The van der Waals surface area contributed by atoms with E-state index < -0.39 is 0 Å². The van der Waals surface area contributed by atoms with Crippen molar-refractivity contribution in [1.82, 2.24) is 29.6 Å². The molecular formula is C21H18N6O. The lowest BCUT2D eigenvalue weighted by Gasteiger charge is -2.19. The van der Waals surface area contributed by atoms with Crippen molar-refractivity contribution >= 4 is 5.91 Å². The molecule has 0 saturated carbocycles. The van der Waals surface area contributed by atoms with Crippen LogP contribution < -0.4 is 0 Å². The van der Waals surface area contributed by atoms with E-state index in [0.29, 0.717) is 17.9 Å². The fourth-order valence-electron chi connectivity index (χ4n) is 2.92. The van der Waals surface area contributed by atoms with Gasteiger partial charge in [0.05, 0.1) is 11.3 Å². The van der Waals surface area contributed by atoms with Gasteiger partial charge < -0.3 is 4.90 Å². The van der Waals surface area contributed by atoms with E-state index in [2.05, 4.69) is 20.1 Å². The summed E-state index contributed by atoms with van der Waals surface area (Å²) in [4.78, 5) is 27.1. The second kappa shape index (κ2) is 7.79. The topological polar surface area (TPSA) is 76.8 Å². The van der Waals surface area contributed by atoms with Crippen LogP contribution >= 0.6 is 0 Å². The molecule has 138 valence electrons. The number of amides is 1. The number of carbonyl (C=O) groups excluding carboxylic acids is 1. The van der Waals surface area contributed by atoms with Crippen molar-refractivity contribution in [1.29, 1.82) is 0 Å². The molecule has 0 bridgehead atoms. The highest BCUT2D eigenvalue weighted by Crippen LogP contribution is 2.17. The molecule has 0 atom stereocenters. The molecule has 0 aliphatic heterocycles. The molecule has 0 radical (unpaired) electrons. The second-order valence-corrected chi connectivity index (χ2v) is 6.27. The Bertz CT molecular complexity index is 1060. The molecule has 0 aliphatic rings. The van der Waals surface area contributed by atoms with Gasteiger partial charge in [-0.3, -0.25) is 9.78 Å². The van der Waals surface area contributed by atoms with Crippen LogP contribution in [0.1, 0.15) is 15.9 Å². The minimum Gasteiger partial charge on any atom is -0.337 e. The Labute approximate surface area is 162 Å². The van der Waals surface area contributed by atoms with Gasteiger partial charge in [-0.2, -0.15) is 5.10 Å².